The van der Waals surface area contributed by atoms with Crippen LogP contribution in [0.15, 0.2) is 37.3 Å². The topological polar surface area (TPSA) is 101 Å². The molecule has 1 aliphatic rings. The minimum Gasteiger partial charge on any atom is -0.477 e. The predicted molar refractivity (Wildman–Crippen MR) is 113 cm³/mol. The van der Waals surface area contributed by atoms with Gasteiger partial charge in [-0.05, 0) is 19.2 Å². The van der Waals surface area contributed by atoms with Gasteiger partial charge in [-0.25, -0.2) is 0 Å². The summed E-state index contributed by atoms with van der Waals surface area (Å²) in [6.45, 7) is 3.35. The van der Waals surface area contributed by atoms with Crippen LogP contribution in [0.5, 0.6) is 5.88 Å². The molecule has 0 amide bonds. The van der Waals surface area contributed by atoms with E-state index in [1.807, 2.05) is 0 Å². The fourth-order valence-corrected chi connectivity index (χ4v) is 3.51. The number of ether oxygens (including phenoxy) is 1. The van der Waals surface area contributed by atoms with Crippen LogP contribution in [-0.4, -0.2) is 68.8 Å². The van der Waals surface area contributed by atoms with E-state index in [1.54, 1.807) is 48.3 Å². The largest absolute Gasteiger partial charge is 0.477 e. The second-order valence-corrected chi connectivity index (χ2v) is 7.43. The summed E-state index contributed by atoms with van der Waals surface area (Å²) in [5, 5.41) is 7.70. The molecule has 4 heterocycles. The highest BCUT2D eigenvalue weighted by Crippen LogP contribution is 2.37. The Balaban J connectivity index is 0.000000668. The first-order chi connectivity index (χ1) is 15.2. The Labute approximate surface area is 182 Å². The number of nitrogens with zero attached hydrogens (tertiary/aromatic N) is 5. The molecular weight excluding hydrogens is 427 g/mol. The van der Waals surface area contributed by atoms with Gasteiger partial charge in [0.15, 0.2) is 0 Å². The van der Waals surface area contributed by atoms with Gasteiger partial charge in [-0.3, -0.25) is 9.48 Å². The molecule has 3 aromatic rings. The summed E-state index contributed by atoms with van der Waals surface area (Å²) in [5.74, 6) is -1.54. The molecule has 9 nitrogen and oxygen atoms in total. The highest BCUT2D eigenvalue weighted by Gasteiger charge is 2.49. The summed E-state index contributed by atoms with van der Waals surface area (Å²) in [6.07, 6.45) is 2.64. The summed E-state index contributed by atoms with van der Waals surface area (Å²) in [4.78, 5) is 22.4. The van der Waals surface area contributed by atoms with E-state index in [2.05, 4.69) is 31.9 Å². The fourth-order valence-electron chi connectivity index (χ4n) is 3.51. The van der Waals surface area contributed by atoms with E-state index in [4.69, 9.17) is 9.53 Å². The highest BCUT2D eigenvalue weighted by atomic mass is 19.4. The number of hydrogen-bond donors (Lipinski definition) is 2. The second kappa shape index (κ2) is 9.81. The van der Waals surface area contributed by atoms with Gasteiger partial charge in [0, 0.05) is 38.4 Å². The molecule has 1 unspecified atom stereocenters. The van der Waals surface area contributed by atoms with Gasteiger partial charge in [0.2, 0.25) is 11.8 Å². The van der Waals surface area contributed by atoms with Crippen LogP contribution in [0.1, 0.15) is 0 Å². The van der Waals surface area contributed by atoms with Crippen LogP contribution in [0, 0.1) is 11.8 Å². The molecule has 0 aromatic carbocycles. The summed E-state index contributed by atoms with van der Waals surface area (Å²) in [5.41, 5.74) is 1.22. The molecule has 0 bridgehead atoms. The van der Waals surface area contributed by atoms with Crippen molar-refractivity contribution in [3.63, 3.8) is 0 Å². The molecule has 0 spiro atoms. The standard InChI is InChI=1S/C17H20F3N7O.C3H4O/c1-26-6-10(13(8-26)17(18,19)20)9-28-15-12-3-4-21-14(12)24-16(25-15)23-11-5-22-27(2)7-11;1-2-3-4/h3-5,7,10,13H,6,8-9H2,1-2H3,(H2,21,23,24,25);2-3H,1H2/t10?,13-;/m1./s1. The van der Waals surface area contributed by atoms with E-state index in [0.717, 1.165) is 0 Å². The number of H-pyrrole nitrogens is 1. The lowest BCUT2D eigenvalue weighted by Gasteiger charge is -2.21. The van der Waals surface area contributed by atoms with Crippen molar-refractivity contribution in [2.24, 2.45) is 18.9 Å². The van der Waals surface area contributed by atoms with Crippen molar-refractivity contribution in [1.29, 1.82) is 0 Å². The number of fused-ring (bicyclic) bond motifs is 1. The predicted octanol–water partition coefficient (Wildman–Crippen LogP) is 2.93. The van der Waals surface area contributed by atoms with Crippen molar-refractivity contribution in [3.8, 4) is 5.88 Å². The molecule has 3 aromatic heterocycles. The Hall–Kier alpha value is -3.41. The number of aromatic nitrogens is 5. The summed E-state index contributed by atoms with van der Waals surface area (Å²) in [7, 11) is 3.47. The number of allylic oxidation sites excluding steroid dienone is 1. The van der Waals surface area contributed by atoms with Crippen LogP contribution < -0.4 is 10.1 Å². The lowest BCUT2D eigenvalue weighted by molar-refractivity contribution is -0.182. The molecule has 1 aliphatic heterocycles. The van der Waals surface area contributed by atoms with Crippen molar-refractivity contribution in [3.05, 3.63) is 37.3 Å². The number of anilines is 2. The van der Waals surface area contributed by atoms with E-state index in [-0.39, 0.29) is 25.0 Å². The van der Waals surface area contributed by atoms with Crippen molar-refractivity contribution in [2.45, 2.75) is 6.18 Å². The third-order valence-electron chi connectivity index (χ3n) is 4.92. The van der Waals surface area contributed by atoms with Gasteiger partial charge in [-0.2, -0.15) is 28.2 Å². The first kappa shape index (κ1) is 23.3. The van der Waals surface area contributed by atoms with Gasteiger partial charge in [0.25, 0.3) is 0 Å². The molecule has 2 atom stereocenters. The van der Waals surface area contributed by atoms with Gasteiger partial charge < -0.3 is 19.9 Å². The zero-order valence-corrected chi connectivity index (χ0v) is 17.6. The minimum absolute atomic E-state index is 0.0192. The van der Waals surface area contributed by atoms with Crippen LogP contribution in [0.4, 0.5) is 24.8 Å². The van der Waals surface area contributed by atoms with E-state index >= 15 is 0 Å². The first-order valence-corrected chi connectivity index (χ1v) is 9.76. The molecule has 0 aliphatic carbocycles. The number of halogens is 3. The van der Waals surface area contributed by atoms with Crippen LogP contribution in [-0.2, 0) is 11.8 Å². The Bertz CT molecular complexity index is 1060. The molecule has 0 saturated carbocycles. The normalized spacial score (nSPS) is 18.8. The minimum atomic E-state index is -4.25. The number of alkyl halides is 3. The maximum Gasteiger partial charge on any atom is 0.393 e. The van der Waals surface area contributed by atoms with Crippen LogP contribution in [0.3, 0.4) is 0 Å². The molecule has 2 N–H and O–H groups in total. The van der Waals surface area contributed by atoms with Crippen LogP contribution >= 0.6 is 0 Å². The molecule has 0 radical (unpaired) electrons. The monoisotopic (exact) mass is 451 g/mol. The fraction of sp³-hybridized carbons (Fsp3) is 0.400. The average Bonchev–Trinajstić information content (AvgIpc) is 3.46. The number of carbonyl (C=O) groups excluding carboxylic acids is 1. The number of likely N-dealkylation sites (tertiary alicyclic amines) is 1. The number of hydrogen-bond acceptors (Lipinski definition) is 7. The lowest BCUT2D eigenvalue weighted by atomic mass is 9.96. The SMILES string of the molecule is C=CC=O.CN1CC(COc2nc(Nc3cnn(C)c3)nc3[nH]ccc23)[C@H](C(F)(F)F)C1. The van der Waals surface area contributed by atoms with E-state index < -0.39 is 18.0 Å². The molecular formula is C20H24F3N7O2. The number of aromatic amines is 1. The first-order valence-electron chi connectivity index (χ1n) is 9.76. The van der Waals surface area contributed by atoms with Gasteiger partial charge in [-0.1, -0.05) is 6.58 Å². The van der Waals surface area contributed by atoms with Gasteiger partial charge in [0.05, 0.1) is 29.8 Å². The highest BCUT2D eigenvalue weighted by molar-refractivity contribution is 5.82. The molecule has 172 valence electrons. The Morgan fingerprint density at radius 3 is 2.72 bits per heavy atom. The van der Waals surface area contributed by atoms with E-state index in [1.165, 1.54) is 6.08 Å². The van der Waals surface area contributed by atoms with Gasteiger partial charge in [-0.15, -0.1) is 0 Å². The zero-order chi connectivity index (χ0) is 23.3. The second-order valence-electron chi connectivity index (χ2n) is 7.43. The third kappa shape index (κ3) is 5.63. The Morgan fingerprint density at radius 2 is 2.09 bits per heavy atom. The maximum atomic E-state index is 13.3. The van der Waals surface area contributed by atoms with Gasteiger partial charge in [0.1, 0.15) is 11.9 Å². The van der Waals surface area contributed by atoms with Crippen LogP contribution in [0.2, 0.25) is 0 Å². The van der Waals surface area contributed by atoms with Gasteiger partial charge >= 0.3 is 6.18 Å². The quantitative estimate of drug-likeness (QED) is 0.439. The average molecular weight is 451 g/mol. The molecule has 1 saturated heterocycles. The zero-order valence-electron chi connectivity index (χ0n) is 17.6. The number of aldehydes is 1. The van der Waals surface area contributed by atoms with Crippen molar-refractivity contribution >= 4 is 29.0 Å². The lowest BCUT2D eigenvalue weighted by Crippen LogP contribution is -2.32. The molecule has 32 heavy (non-hydrogen) atoms. The number of rotatable bonds is 6. The Kier molecular flexibility index (Phi) is 7.13. The van der Waals surface area contributed by atoms with Crippen LogP contribution in [0.25, 0.3) is 11.0 Å². The summed E-state index contributed by atoms with van der Waals surface area (Å²) in [6, 6.07) is 1.74. The molecule has 4 rings (SSSR count). The van der Waals surface area contributed by atoms with Crippen molar-refractivity contribution in [1.82, 2.24) is 29.6 Å². The van der Waals surface area contributed by atoms with E-state index in [9.17, 15) is 13.2 Å². The molecule has 12 heteroatoms. The number of aryl methyl sites for hydroxylation is 1. The Morgan fingerprint density at radius 1 is 1.34 bits per heavy atom. The molecule has 1 fully saturated rings. The number of nitrogens with one attached hydrogen (secondary N) is 2. The third-order valence-corrected chi connectivity index (χ3v) is 4.92. The summed E-state index contributed by atoms with van der Waals surface area (Å²) < 4.78 is 47.3. The smallest absolute Gasteiger partial charge is 0.393 e. The maximum absolute atomic E-state index is 13.3. The number of carbonyl (C=O) groups is 1. The van der Waals surface area contributed by atoms with E-state index in [0.29, 0.717) is 29.6 Å². The van der Waals surface area contributed by atoms with Crippen molar-refractivity contribution < 1.29 is 22.7 Å². The summed E-state index contributed by atoms with van der Waals surface area (Å²) >= 11 is 0. The van der Waals surface area contributed by atoms with Crippen molar-refractivity contribution in [2.75, 3.05) is 32.1 Å².